The molecule has 3 N–H and O–H groups in total. The number of nitrogens with one attached hydrogen (secondary N) is 1. The number of anilines is 1. The van der Waals surface area contributed by atoms with Crippen molar-refractivity contribution >= 4 is 40.2 Å². The van der Waals surface area contributed by atoms with Crippen molar-refractivity contribution in [3.05, 3.63) is 51.7 Å². The molecule has 3 rings (SSSR count). The van der Waals surface area contributed by atoms with Gasteiger partial charge in [0.25, 0.3) is 5.91 Å². The maximum atomic E-state index is 12.2. The molecule has 2 heterocycles. The lowest BCUT2D eigenvalue weighted by atomic mass is 10.2. The van der Waals surface area contributed by atoms with Crippen LogP contribution in [-0.4, -0.2) is 23.4 Å². The van der Waals surface area contributed by atoms with E-state index in [9.17, 15) is 9.59 Å². The fourth-order valence-corrected chi connectivity index (χ4v) is 3.87. The first-order chi connectivity index (χ1) is 12.6. The standard InChI is InChI=1S/C18H17N3O3S2/c1-2-24-13-5-3-11(4-6-13)18-20-12(10-26-18)9-15(22)21-14-7-8-25-16(14)17(19)23/h3-8,10H,2,9H2,1H3,(H2,19,23)(H,21,22). The van der Waals surface area contributed by atoms with Crippen LogP contribution < -0.4 is 15.8 Å². The van der Waals surface area contributed by atoms with Crippen molar-refractivity contribution in [2.45, 2.75) is 13.3 Å². The number of hydrogen-bond donors (Lipinski definition) is 2. The Balaban J connectivity index is 1.65. The third-order valence-corrected chi connectivity index (χ3v) is 5.34. The Labute approximate surface area is 158 Å². The zero-order chi connectivity index (χ0) is 18.5. The van der Waals surface area contributed by atoms with E-state index in [-0.39, 0.29) is 12.3 Å². The summed E-state index contributed by atoms with van der Waals surface area (Å²) in [6.07, 6.45) is 0.127. The Morgan fingerprint density at radius 3 is 2.65 bits per heavy atom. The van der Waals surface area contributed by atoms with Gasteiger partial charge < -0.3 is 15.8 Å². The van der Waals surface area contributed by atoms with E-state index >= 15 is 0 Å². The molecule has 6 nitrogen and oxygen atoms in total. The largest absolute Gasteiger partial charge is 0.494 e. The highest BCUT2D eigenvalue weighted by Gasteiger charge is 2.14. The van der Waals surface area contributed by atoms with Gasteiger partial charge in [-0.1, -0.05) is 0 Å². The molecule has 0 fully saturated rings. The Morgan fingerprint density at radius 2 is 1.96 bits per heavy atom. The summed E-state index contributed by atoms with van der Waals surface area (Å²) in [5.74, 6) is 0.0182. The van der Waals surface area contributed by atoms with Gasteiger partial charge in [0.15, 0.2) is 0 Å². The third-order valence-electron chi connectivity index (χ3n) is 3.47. The van der Waals surface area contributed by atoms with Gasteiger partial charge in [0, 0.05) is 10.9 Å². The van der Waals surface area contributed by atoms with E-state index in [1.54, 1.807) is 11.4 Å². The number of carbonyl (C=O) groups excluding carboxylic acids is 2. The summed E-state index contributed by atoms with van der Waals surface area (Å²) in [4.78, 5) is 28.4. The van der Waals surface area contributed by atoms with Gasteiger partial charge in [-0.3, -0.25) is 9.59 Å². The van der Waals surface area contributed by atoms with Gasteiger partial charge >= 0.3 is 0 Å². The van der Waals surface area contributed by atoms with Gasteiger partial charge in [-0.15, -0.1) is 22.7 Å². The van der Waals surface area contributed by atoms with E-state index in [2.05, 4.69) is 10.3 Å². The summed E-state index contributed by atoms with van der Waals surface area (Å²) >= 11 is 2.67. The van der Waals surface area contributed by atoms with Crippen LogP contribution >= 0.6 is 22.7 Å². The molecule has 0 aliphatic rings. The molecule has 0 saturated carbocycles. The van der Waals surface area contributed by atoms with Gasteiger partial charge in [0.1, 0.15) is 15.6 Å². The van der Waals surface area contributed by atoms with Crippen LogP contribution in [0.1, 0.15) is 22.3 Å². The maximum absolute atomic E-state index is 12.2. The Hall–Kier alpha value is -2.71. The molecule has 0 unspecified atom stereocenters. The zero-order valence-corrected chi connectivity index (χ0v) is 15.7. The minimum absolute atomic E-state index is 0.127. The lowest BCUT2D eigenvalue weighted by molar-refractivity contribution is -0.115. The number of hydrogen-bond acceptors (Lipinski definition) is 6. The van der Waals surface area contributed by atoms with Crippen LogP contribution in [0.25, 0.3) is 10.6 Å². The van der Waals surface area contributed by atoms with E-state index in [4.69, 9.17) is 10.5 Å². The summed E-state index contributed by atoms with van der Waals surface area (Å²) < 4.78 is 5.43. The van der Waals surface area contributed by atoms with Crippen LogP contribution in [0.3, 0.4) is 0 Å². The second-order valence-electron chi connectivity index (χ2n) is 5.35. The fourth-order valence-electron chi connectivity index (χ4n) is 2.34. The van der Waals surface area contributed by atoms with Gasteiger partial charge in [-0.05, 0) is 42.6 Å². The number of primary amides is 1. The Kier molecular flexibility index (Phi) is 5.65. The molecule has 0 aliphatic carbocycles. The molecule has 0 atom stereocenters. The van der Waals surface area contributed by atoms with Crippen molar-refractivity contribution in [2.24, 2.45) is 5.73 Å². The predicted octanol–water partition coefficient (Wildman–Crippen LogP) is 3.55. The van der Waals surface area contributed by atoms with Crippen molar-refractivity contribution in [3.8, 4) is 16.3 Å². The highest BCUT2D eigenvalue weighted by Crippen LogP contribution is 2.26. The number of nitrogens with zero attached hydrogens (tertiary/aromatic N) is 1. The molecule has 0 radical (unpaired) electrons. The van der Waals surface area contributed by atoms with Gasteiger partial charge in [-0.2, -0.15) is 0 Å². The highest BCUT2D eigenvalue weighted by molar-refractivity contribution is 7.13. The summed E-state index contributed by atoms with van der Waals surface area (Å²) in [5.41, 5.74) is 7.37. The summed E-state index contributed by atoms with van der Waals surface area (Å²) in [7, 11) is 0. The van der Waals surface area contributed by atoms with E-state index in [1.807, 2.05) is 36.6 Å². The summed E-state index contributed by atoms with van der Waals surface area (Å²) in [5, 5.41) is 7.11. The SMILES string of the molecule is CCOc1ccc(-c2nc(CC(=O)Nc3ccsc3C(N)=O)cs2)cc1. The van der Waals surface area contributed by atoms with Crippen molar-refractivity contribution in [2.75, 3.05) is 11.9 Å². The number of rotatable bonds is 7. The monoisotopic (exact) mass is 387 g/mol. The number of thiophene rings is 1. The zero-order valence-electron chi connectivity index (χ0n) is 14.0. The van der Waals surface area contributed by atoms with Crippen molar-refractivity contribution in [3.63, 3.8) is 0 Å². The average molecular weight is 387 g/mol. The normalized spacial score (nSPS) is 10.5. The van der Waals surface area contributed by atoms with Crippen LogP contribution in [0.15, 0.2) is 41.1 Å². The number of carbonyl (C=O) groups is 2. The number of amides is 2. The van der Waals surface area contributed by atoms with Crippen molar-refractivity contribution in [1.29, 1.82) is 0 Å². The molecule has 0 spiro atoms. The van der Waals surface area contributed by atoms with Gasteiger partial charge in [0.2, 0.25) is 5.91 Å². The van der Waals surface area contributed by atoms with Crippen LogP contribution in [0.5, 0.6) is 5.75 Å². The first-order valence-corrected chi connectivity index (χ1v) is 9.67. The molecule has 0 saturated heterocycles. The van der Waals surface area contributed by atoms with E-state index in [0.717, 1.165) is 16.3 Å². The lowest BCUT2D eigenvalue weighted by Gasteiger charge is -2.04. The first kappa shape index (κ1) is 18.1. The third kappa shape index (κ3) is 4.27. The minimum atomic E-state index is -0.554. The lowest BCUT2D eigenvalue weighted by Crippen LogP contribution is -2.18. The smallest absolute Gasteiger partial charge is 0.260 e. The second-order valence-corrected chi connectivity index (χ2v) is 7.13. The van der Waals surface area contributed by atoms with E-state index < -0.39 is 5.91 Å². The number of ether oxygens (including phenoxy) is 1. The summed E-state index contributed by atoms with van der Waals surface area (Å²) in [6.45, 7) is 2.56. The van der Waals surface area contributed by atoms with E-state index in [0.29, 0.717) is 22.9 Å². The first-order valence-electron chi connectivity index (χ1n) is 7.91. The quantitative estimate of drug-likeness (QED) is 0.648. The predicted molar refractivity (Wildman–Crippen MR) is 104 cm³/mol. The molecule has 0 aliphatic heterocycles. The molecule has 1 aromatic carbocycles. The van der Waals surface area contributed by atoms with Gasteiger partial charge in [-0.25, -0.2) is 4.98 Å². The summed E-state index contributed by atoms with van der Waals surface area (Å²) in [6, 6.07) is 9.34. The van der Waals surface area contributed by atoms with Crippen molar-refractivity contribution < 1.29 is 14.3 Å². The molecule has 2 amide bonds. The topological polar surface area (TPSA) is 94.3 Å². The Bertz CT molecular complexity index is 916. The van der Waals surface area contributed by atoms with Crippen LogP contribution in [0.4, 0.5) is 5.69 Å². The molecule has 0 bridgehead atoms. The number of benzene rings is 1. The molecule has 26 heavy (non-hydrogen) atoms. The van der Waals surface area contributed by atoms with Crippen LogP contribution in [0, 0.1) is 0 Å². The molecular formula is C18H17N3O3S2. The second kappa shape index (κ2) is 8.11. The molecule has 134 valence electrons. The highest BCUT2D eigenvalue weighted by atomic mass is 32.1. The van der Waals surface area contributed by atoms with Crippen molar-refractivity contribution in [1.82, 2.24) is 4.98 Å². The van der Waals surface area contributed by atoms with E-state index in [1.165, 1.54) is 22.7 Å². The number of aromatic nitrogens is 1. The molecule has 3 aromatic rings. The average Bonchev–Trinajstić information content (AvgIpc) is 3.25. The molecular weight excluding hydrogens is 370 g/mol. The fraction of sp³-hybridized carbons (Fsp3) is 0.167. The molecule has 8 heteroatoms. The number of nitrogens with two attached hydrogens (primary N) is 1. The maximum Gasteiger partial charge on any atom is 0.260 e. The Morgan fingerprint density at radius 1 is 1.19 bits per heavy atom. The minimum Gasteiger partial charge on any atom is -0.494 e. The van der Waals surface area contributed by atoms with Gasteiger partial charge in [0.05, 0.1) is 24.4 Å². The molecule has 2 aromatic heterocycles. The number of thiazole rings is 1. The van der Waals surface area contributed by atoms with Crippen LogP contribution in [0.2, 0.25) is 0 Å². The van der Waals surface area contributed by atoms with Crippen LogP contribution in [-0.2, 0) is 11.2 Å².